The highest BCUT2D eigenvalue weighted by atomic mass is 16.1. The smallest absolute Gasteiger partial charge is 0.255 e. The van der Waals surface area contributed by atoms with Gasteiger partial charge in [-0.05, 0) is 37.7 Å². The summed E-state index contributed by atoms with van der Waals surface area (Å²) in [5.41, 5.74) is 6.71. The molecule has 0 aliphatic heterocycles. The van der Waals surface area contributed by atoms with Gasteiger partial charge in [-0.15, -0.1) is 0 Å². The number of carbonyl (C=O) groups is 1. The number of rotatable bonds is 2. The highest BCUT2D eigenvalue weighted by Gasteiger charge is 2.20. The van der Waals surface area contributed by atoms with Crippen LogP contribution in [0.25, 0.3) is 0 Å². The molecule has 1 aliphatic rings. The van der Waals surface area contributed by atoms with E-state index in [1.165, 1.54) is 19.0 Å². The van der Waals surface area contributed by atoms with Gasteiger partial charge in [0, 0.05) is 24.1 Å². The Bertz CT molecular complexity index is 397. The van der Waals surface area contributed by atoms with E-state index in [0.717, 1.165) is 18.8 Å². The van der Waals surface area contributed by atoms with Crippen molar-refractivity contribution < 1.29 is 4.79 Å². The van der Waals surface area contributed by atoms with Crippen LogP contribution >= 0.6 is 0 Å². The fourth-order valence-electron chi connectivity index (χ4n) is 2.26. The molecule has 0 unspecified atom stereocenters. The normalized spacial score (nSPS) is 24.3. The third kappa shape index (κ3) is 2.96. The van der Waals surface area contributed by atoms with Gasteiger partial charge in [0.1, 0.15) is 0 Å². The van der Waals surface area contributed by atoms with E-state index in [4.69, 9.17) is 5.73 Å². The quantitative estimate of drug-likeness (QED) is 0.820. The van der Waals surface area contributed by atoms with Crippen molar-refractivity contribution in [1.29, 1.82) is 0 Å². The maximum absolute atomic E-state index is 12.0. The Kier molecular flexibility index (Phi) is 3.61. The van der Waals surface area contributed by atoms with Crippen molar-refractivity contribution in [2.45, 2.75) is 38.6 Å². The van der Waals surface area contributed by atoms with Crippen LogP contribution in [0, 0.1) is 5.92 Å². The van der Waals surface area contributed by atoms with E-state index in [2.05, 4.69) is 17.2 Å². The van der Waals surface area contributed by atoms with Gasteiger partial charge in [0.15, 0.2) is 0 Å². The fourth-order valence-corrected chi connectivity index (χ4v) is 2.26. The topological polar surface area (TPSA) is 68.0 Å². The lowest BCUT2D eigenvalue weighted by Crippen LogP contribution is -2.37. The summed E-state index contributed by atoms with van der Waals surface area (Å²) in [5.74, 6) is 0.682. The molecule has 0 radical (unpaired) electrons. The Morgan fingerprint density at radius 2 is 2.12 bits per heavy atom. The molecule has 4 heteroatoms. The van der Waals surface area contributed by atoms with Crippen LogP contribution in [-0.4, -0.2) is 16.9 Å². The van der Waals surface area contributed by atoms with Crippen molar-refractivity contribution in [3.05, 3.63) is 24.0 Å². The average Bonchev–Trinajstić information content (AvgIpc) is 2.32. The van der Waals surface area contributed by atoms with Crippen molar-refractivity contribution in [2.24, 2.45) is 5.92 Å². The van der Waals surface area contributed by atoms with Crippen LogP contribution < -0.4 is 11.1 Å². The molecule has 0 saturated heterocycles. The van der Waals surface area contributed by atoms with Crippen molar-refractivity contribution in [3.8, 4) is 0 Å². The molecule has 2 rings (SSSR count). The van der Waals surface area contributed by atoms with Gasteiger partial charge in [0.2, 0.25) is 0 Å². The molecule has 4 nitrogen and oxygen atoms in total. The number of hydrogen-bond acceptors (Lipinski definition) is 3. The van der Waals surface area contributed by atoms with Crippen LogP contribution in [0.15, 0.2) is 18.5 Å². The predicted octanol–water partition coefficient (Wildman–Crippen LogP) is 1.97. The van der Waals surface area contributed by atoms with E-state index >= 15 is 0 Å². The number of nitrogens with zero attached hydrogens (tertiary/aromatic N) is 1. The standard InChI is InChI=1S/C13H19N3O/c1-9-2-4-10(5-3-9)16-13(17)11-8-15-7-6-12(11)14/h6-10H,2-5H2,1H3,(H2,14,15)(H,16,17). The zero-order valence-corrected chi connectivity index (χ0v) is 10.1. The number of hydrogen-bond donors (Lipinski definition) is 2. The van der Waals surface area contributed by atoms with Crippen LogP contribution in [0.2, 0.25) is 0 Å². The molecule has 1 amide bonds. The molecule has 92 valence electrons. The van der Waals surface area contributed by atoms with Crippen LogP contribution in [0.5, 0.6) is 0 Å². The average molecular weight is 233 g/mol. The molecule has 3 N–H and O–H groups in total. The Balaban J connectivity index is 1.96. The van der Waals surface area contributed by atoms with Crippen molar-refractivity contribution in [2.75, 3.05) is 5.73 Å². The van der Waals surface area contributed by atoms with Crippen LogP contribution in [-0.2, 0) is 0 Å². The van der Waals surface area contributed by atoms with Crippen LogP contribution in [0.4, 0.5) is 5.69 Å². The number of nitrogens with one attached hydrogen (secondary N) is 1. The molecule has 1 aromatic rings. The van der Waals surface area contributed by atoms with Gasteiger partial charge in [-0.25, -0.2) is 0 Å². The molecule has 1 aromatic heterocycles. The lowest BCUT2D eigenvalue weighted by molar-refractivity contribution is 0.0923. The summed E-state index contributed by atoms with van der Waals surface area (Å²) in [7, 11) is 0. The number of nitrogens with two attached hydrogens (primary N) is 1. The lowest BCUT2D eigenvalue weighted by atomic mass is 9.87. The Morgan fingerprint density at radius 3 is 2.76 bits per heavy atom. The minimum Gasteiger partial charge on any atom is -0.398 e. The molecule has 17 heavy (non-hydrogen) atoms. The largest absolute Gasteiger partial charge is 0.398 e. The number of anilines is 1. The summed E-state index contributed by atoms with van der Waals surface area (Å²) in [6, 6.07) is 1.94. The first-order valence-electron chi connectivity index (χ1n) is 6.17. The molecular formula is C13H19N3O. The first-order valence-corrected chi connectivity index (χ1v) is 6.17. The summed E-state index contributed by atoms with van der Waals surface area (Å²) >= 11 is 0. The van der Waals surface area contributed by atoms with Gasteiger partial charge in [0.25, 0.3) is 5.91 Å². The molecule has 1 aliphatic carbocycles. The molecule has 0 bridgehead atoms. The summed E-state index contributed by atoms with van der Waals surface area (Å²) in [5, 5.41) is 3.04. The third-order valence-corrected chi connectivity index (χ3v) is 3.45. The van der Waals surface area contributed by atoms with Crippen LogP contribution in [0.1, 0.15) is 43.0 Å². The van der Waals surface area contributed by atoms with Gasteiger partial charge >= 0.3 is 0 Å². The third-order valence-electron chi connectivity index (χ3n) is 3.45. The van der Waals surface area contributed by atoms with E-state index in [0.29, 0.717) is 17.3 Å². The van der Waals surface area contributed by atoms with E-state index in [1.807, 2.05) is 0 Å². The number of carbonyl (C=O) groups excluding carboxylic acids is 1. The Hall–Kier alpha value is -1.58. The van der Waals surface area contributed by atoms with Crippen molar-refractivity contribution in [1.82, 2.24) is 10.3 Å². The van der Waals surface area contributed by atoms with E-state index in [-0.39, 0.29) is 5.91 Å². The molecule has 1 saturated carbocycles. The second-order valence-electron chi connectivity index (χ2n) is 4.89. The lowest BCUT2D eigenvalue weighted by Gasteiger charge is -2.27. The zero-order chi connectivity index (χ0) is 12.3. The van der Waals surface area contributed by atoms with E-state index in [1.54, 1.807) is 12.3 Å². The molecule has 0 aromatic carbocycles. The first-order chi connectivity index (χ1) is 8.16. The maximum atomic E-state index is 12.0. The summed E-state index contributed by atoms with van der Waals surface area (Å²) in [4.78, 5) is 15.9. The number of nitrogen functional groups attached to an aromatic ring is 1. The highest BCUT2D eigenvalue weighted by molar-refractivity contribution is 5.98. The monoisotopic (exact) mass is 233 g/mol. The van der Waals surface area contributed by atoms with Gasteiger partial charge in [0.05, 0.1) is 5.56 Å². The van der Waals surface area contributed by atoms with Crippen molar-refractivity contribution >= 4 is 11.6 Å². The molecule has 1 fully saturated rings. The summed E-state index contributed by atoms with van der Waals surface area (Å²) < 4.78 is 0. The zero-order valence-electron chi connectivity index (χ0n) is 10.1. The molecule has 0 spiro atoms. The number of aromatic nitrogens is 1. The summed E-state index contributed by atoms with van der Waals surface area (Å²) in [6.45, 7) is 2.26. The maximum Gasteiger partial charge on any atom is 0.255 e. The minimum atomic E-state index is -0.102. The van der Waals surface area contributed by atoms with Gasteiger partial charge in [-0.3, -0.25) is 9.78 Å². The molecular weight excluding hydrogens is 214 g/mol. The van der Waals surface area contributed by atoms with E-state index < -0.39 is 0 Å². The van der Waals surface area contributed by atoms with Gasteiger partial charge in [-0.1, -0.05) is 6.92 Å². The van der Waals surface area contributed by atoms with Gasteiger partial charge < -0.3 is 11.1 Å². The Morgan fingerprint density at radius 1 is 1.41 bits per heavy atom. The van der Waals surface area contributed by atoms with Crippen molar-refractivity contribution in [3.63, 3.8) is 0 Å². The highest BCUT2D eigenvalue weighted by Crippen LogP contribution is 2.23. The second-order valence-corrected chi connectivity index (χ2v) is 4.89. The second kappa shape index (κ2) is 5.17. The Labute approximate surface area is 102 Å². The molecule has 0 atom stereocenters. The minimum absolute atomic E-state index is 0.102. The molecule has 1 heterocycles. The summed E-state index contributed by atoms with van der Waals surface area (Å²) in [6.07, 6.45) is 7.62. The number of pyridine rings is 1. The van der Waals surface area contributed by atoms with Gasteiger partial charge in [-0.2, -0.15) is 0 Å². The van der Waals surface area contributed by atoms with Crippen LogP contribution in [0.3, 0.4) is 0 Å². The fraction of sp³-hybridized carbons (Fsp3) is 0.538. The first kappa shape index (κ1) is 11.9. The SMILES string of the molecule is CC1CCC(NC(=O)c2cnccc2N)CC1. The van der Waals surface area contributed by atoms with E-state index in [9.17, 15) is 4.79 Å². The number of amides is 1. The predicted molar refractivity (Wildman–Crippen MR) is 67.5 cm³/mol.